The molecule has 0 atom stereocenters. The summed E-state index contributed by atoms with van der Waals surface area (Å²) in [6, 6.07) is 10.5. The van der Waals surface area contributed by atoms with Crippen molar-refractivity contribution in [1.29, 1.82) is 0 Å². The highest BCUT2D eigenvalue weighted by Gasteiger charge is 2.10. The normalized spacial score (nSPS) is 11.1. The van der Waals surface area contributed by atoms with E-state index in [9.17, 15) is 0 Å². The molecule has 2 aromatic carbocycles. The molecule has 5 heteroatoms. The second kappa shape index (κ2) is 4.47. The number of rotatable bonds is 1. The summed E-state index contributed by atoms with van der Waals surface area (Å²) in [4.78, 5) is 4.36. The standard InChI is InChI=1S/C13H6Cl3NO/c14-8-2-4-12-11(6-8)17-13(18-12)7-1-3-9(15)10(16)5-7/h1-6H. The molecule has 0 N–H and O–H groups in total. The van der Waals surface area contributed by atoms with Crippen LogP contribution in [0.25, 0.3) is 22.6 Å². The number of hydrogen-bond donors (Lipinski definition) is 0. The monoisotopic (exact) mass is 297 g/mol. The topological polar surface area (TPSA) is 26.0 Å². The first-order valence-corrected chi connectivity index (χ1v) is 6.28. The number of halogens is 3. The van der Waals surface area contributed by atoms with Crippen LogP contribution >= 0.6 is 34.8 Å². The third-order valence-electron chi connectivity index (χ3n) is 2.52. The van der Waals surface area contributed by atoms with Gasteiger partial charge in [-0.05, 0) is 36.4 Å². The molecule has 2 nitrogen and oxygen atoms in total. The lowest BCUT2D eigenvalue weighted by Gasteiger charge is -1.97. The van der Waals surface area contributed by atoms with E-state index in [1.807, 2.05) is 0 Å². The van der Waals surface area contributed by atoms with Crippen molar-refractivity contribution in [1.82, 2.24) is 4.98 Å². The predicted octanol–water partition coefficient (Wildman–Crippen LogP) is 5.46. The molecule has 0 aliphatic heterocycles. The summed E-state index contributed by atoms with van der Waals surface area (Å²) in [6.45, 7) is 0. The molecule has 1 aromatic heterocycles. The quantitative estimate of drug-likeness (QED) is 0.596. The number of oxazole rings is 1. The first kappa shape index (κ1) is 11.8. The van der Waals surface area contributed by atoms with Gasteiger partial charge in [0, 0.05) is 10.6 Å². The average molecular weight is 299 g/mol. The second-order valence-electron chi connectivity index (χ2n) is 3.76. The third-order valence-corrected chi connectivity index (χ3v) is 3.49. The van der Waals surface area contributed by atoms with Gasteiger partial charge in [-0.3, -0.25) is 0 Å². The number of benzene rings is 2. The van der Waals surface area contributed by atoms with Crippen LogP contribution in [0.3, 0.4) is 0 Å². The van der Waals surface area contributed by atoms with E-state index >= 15 is 0 Å². The zero-order chi connectivity index (χ0) is 12.7. The van der Waals surface area contributed by atoms with Crippen molar-refractivity contribution < 1.29 is 4.42 Å². The summed E-state index contributed by atoms with van der Waals surface area (Å²) in [6.07, 6.45) is 0. The van der Waals surface area contributed by atoms with Gasteiger partial charge in [-0.25, -0.2) is 4.98 Å². The first-order chi connectivity index (χ1) is 8.63. The van der Waals surface area contributed by atoms with Gasteiger partial charge in [0.2, 0.25) is 5.89 Å². The summed E-state index contributed by atoms with van der Waals surface area (Å²) in [5.74, 6) is 0.492. The molecule has 0 bridgehead atoms. The van der Waals surface area contributed by atoms with Gasteiger partial charge in [-0.1, -0.05) is 34.8 Å². The van der Waals surface area contributed by atoms with Crippen LogP contribution in [0.15, 0.2) is 40.8 Å². The van der Waals surface area contributed by atoms with Crippen molar-refractivity contribution in [3.05, 3.63) is 51.5 Å². The van der Waals surface area contributed by atoms with Crippen molar-refractivity contribution in [3.63, 3.8) is 0 Å². The van der Waals surface area contributed by atoms with Crippen LogP contribution in [-0.2, 0) is 0 Å². The molecule has 0 amide bonds. The summed E-state index contributed by atoms with van der Waals surface area (Å²) in [5.41, 5.74) is 2.17. The molecule has 0 saturated heterocycles. The number of nitrogens with zero attached hydrogens (tertiary/aromatic N) is 1. The van der Waals surface area contributed by atoms with E-state index in [4.69, 9.17) is 39.2 Å². The van der Waals surface area contributed by atoms with E-state index in [0.29, 0.717) is 32.1 Å². The molecule has 0 aliphatic carbocycles. The van der Waals surface area contributed by atoms with Crippen LogP contribution in [0, 0.1) is 0 Å². The Balaban J connectivity index is 2.16. The van der Waals surface area contributed by atoms with Crippen LogP contribution in [0.1, 0.15) is 0 Å². The van der Waals surface area contributed by atoms with Crippen LogP contribution in [0.5, 0.6) is 0 Å². The smallest absolute Gasteiger partial charge is 0.227 e. The van der Waals surface area contributed by atoms with Crippen molar-refractivity contribution >= 4 is 45.9 Å². The maximum Gasteiger partial charge on any atom is 0.227 e. The number of fused-ring (bicyclic) bond motifs is 1. The lowest BCUT2D eigenvalue weighted by molar-refractivity contribution is 0.620. The van der Waals surface area contributed by atoms with Gasteiger partial charge in [0.25, 0.3) is 0 Å². The Hall–Kier alpha value is -1.22. The highest BCUT2D eigenvalue weighted by Crippen LogP contribution is 2.30. The fourth-order valence-electron chi connectivity index (χ4n) is 1.65. The third kappa shape index (κ3) is 2.07. The summed E-state index contributed by atoms with van der Waals surface area (Å²) in [5, 5.41) is 1.59. The van der Waals surface area contributed by atoms with Crippen molar-refractivity contribution in [2.75, 3.05) is 0 Å². The molecule has 0 spiro atoms. The SMILES string of the molecule is Clc1ccc2oc(-c3ccc(Cl)c(Cl)c3)nc2c1. The maximum atomic E-state index is 5.97. The Bertz CT molecular complexity index is 736. The van der Waals surface area contributed by atoms with Crippen LogP contribution in [0.4, 0.5) is 0 Å². The molecule has 90 valence electrons. The van der Waals surface area contributed by atoms with Crippen LogP contribution in [-0.4, -0.2) is 4.98 Å². The summed E-state index contributed by atoms with van der Waals surface area (Å²) >= 11 is 17.7. The van der Waals surface area contributed by atoms with Gasteiger partial charge in [0.1, 0.15) is 5.52 Å². The van der Waals surface area contributed by atoms with E-state index in [1.54, 1.807) is 36.4 Å². The first-order valence-electron chi connectivity index (χ1n) is 5.15. The minimum absolute atomic E-state index is 0.467. The molecular weight excluding hydrogens is 293 g/mol. The Kier molecular flexibility index (Phi) is 2.94. The van der Waals surface area contributed by atoms with Crippen molar-refractivity contribution in [2.24, 2.45) is 0 Å². The van der Waals surface area contributed by atoms with Gasteiger partial charge in [0.15, 0.2) is 5.58 Å². The molecule has 3 aromatic rings. The molecule has 0 fully saturated rings. The maximum absolute atomic E-state index is 5.97. The highest BCUT2D eigenvalue weighted by molar-refractivity contribution is 6.42. The molecule has 0 radical (unpaired) electrons. The lowest BCUT2D eigenvalue weighted by atomic mass is 10.2. The molecule has 0 unspecified atom stereocenters. The molecule has 0 saturated carbocycles. The van der Waals surface area contributed by atoms with Gasteiger partial charge >= 0.3 is 0 Å². The molecule has 0 aliphatic rings. The summed E-state index contributed by atoms with van der Waals surface area (Å²) < 4.78 is 5.63. The van der Waals surface area contributed by atoms with Crippen LogP contribution < -0.4 is 0 Å². The molecule has 18 heavy (non-hydrogen) atoms. The van der Waals surface area contributed by atoms with Gasteiger partial charge in [-0.2, -0.15) is 0 Å². The van der Waals surface area contributed by atoms with Gasteiger partial charge in [-0.15, -0.1) is 0 Å². The zero-order valence-electron chi connectivity index (χ0n) is 8.95. The Labute approximate surface area is 118 Å². The predicted molar refractivity (Wildman–Crippen MR) is 74.5 cm³/mol. The Morgan fingerprint density at radius 3 is 2.50 bits per heavy atom. The fourth-order valence-corrected chi connectivity index (χ4v) is 2.12. The molecule has 3 rings (SSSR count). The largest absolute Gasteiger partial charge is 0.436 e. The van der Waals surface area contributed by atoms with E-state index in [-0.39, 0.29) is 0 Å². The molecule has 1 heterocycles. The van der Waals surface area contributed by atoms with E-state index in [1.165, 1.54) is 0 Å². The van der Waals surface area contributed by atoms with E-state index in [0.717, 1.165) is 5.56 Å². The fraction of sp³-hybridized carbons (Fsp3) is 0. The summed E-state index contributed by atoms with van der Waals surface area (Å²) in [7, 11) is 0. The Morgan fingerprint density at radius 1 is 0.889 bits per heavy atom. The Morgan fingerprint density at radius 2 is 1.72 bits per heavy atom. The van der Waals surface area contributed by atoms with E-state index in [2.05, 4.69) is 4.98 Å². The van der Waals surface area contributed by atoms with Crippen molar-refractivity contribution in [3.8, 4) is 11.5 Å². The number of aromatic nitrogens is 1. The van der Waals surface area contributed by atoms with Gasteiger partial charge in [0.05, 0.1) is 10.0 Å². The van der Waals surface area contributed by atoms with E-state index < -0.39 is 0 Å². The van der Waals surface area contributed by atoms with Gasteiger partial charge < -0.3 is 4.42 Å². The molecular formula is C13H6Cl3NO. The number of hydrogen-bond acceptors (Lipinski definition) is 2. The van der Waals surface area contributed by atoms with Crippen molar-refractivity contribution in [2.45, 2.75) is 0 Å². The second-order valence-corrected chi connectivity index (χ2v) is 5.01. The minimum atomic E-state index is 0.467. The average Bonchev–Trinajstić information content (AvgIpc) is 2.75. The zero-order valence-corrected chi connectivity index (χ0v) is 11.2. The minimum Gasteiger partial charge on any atom is -0.436 e. The van der Waals surface area contributed by atoms with Crippen LogP contribution in [0.2, 0.25) is 15.1 Å². The lowest BCUT2D eigenvalue weighted by Crippen LogP contribution is -1.77. The highest BCUT2D eigenvalue weighted by atomic mass is 35.5.